The van der Waals surface area contributed by atoms with Crippen molar-refractivity contribution in [2.24, 2.45) is 5.92 Å². The predicted octanol–water partition coefficient (Wildman–Crippen LogP) is 2.66. The highest BCUT2D eigenvalue weighted by Crippen LogP contribution is 2.46. The summed E-state index contributed by atoms with van der Waals surface area (Å²) in [7, 11) is 0. The largest absolute Gasteiger partial charge is 0.398 e. The first kappa shape index (κ1) is 11.6. The molecule has 1 fully saturated rings. The van der Waals surface area contributed by atoms with Crippen LogP contribution >= 0.6 is 15.9 Å². The number of halogens is 1. The number of tetrazole rings is 1. The summed E-state index contributed by atoms with van der Waals surface area (Å²) in [5, 5.41) is 12.1. The van der Waals surface area contributed by atoms with Gasteiger partial charge in [-0.25, -0.2) is 4.68 Å². The van der Waals surface area contributed by atoms with E-state index in [1.165, 1.54) is 6.42 Å². The minimum Gasteiger partial charge on any atom is -0.398 e. The van der Waals surface area contributed by atoms with Crippen LogP contribution in [0.5, 0.6) is 0 Å². The summed E-state index contributed by atoms with van der Waals surface area (Å²) in [5.74, 6) is 1.49. The van der Waals surface area contributed by atoms with Crippen molar-refractivity contribution in [3.63, 3.8) is 0 Å². The summed E-state index contributed by atoms with van der Waals surface area (Å²) in [4.78, 5) is 0. The summed E-state index contributed by atoms with van der Waals surface area (Å²) < 4.78 is 2.78. The average Bonchev–Trinajstić information content (AvgIpc) is 3.01. The molecule has 0 amide bonds. The smallest absolute Gasteiger partial charge is 0.183 e. The first-order chi connectivity index (χ1) is 8.72. The van der Waals surface area contributed by atoms with Gasteiger partial charge in [-0.2, -0.15) is 0 Å². The van der Waals surface area contributed by atoms with Gasteiger partial charge in [0.15, 0.2) is 5.82 Å². The minimum atomic E-state index is 0.438. The number of nitrogens with zero attached hydrogens (tertiary/aromatic N) is 4. The molecular formula is C12H14BrN5. The van der Waals surface area contributed by atoms with Crippen LogP contribution < -0.4 is 5.73 Å². The van der Waals surface area contributed by atoms with Crippen molar-refractivity contribution in [1.29, 1.82) is 0 Å². The molecular weight excluding hydrogens is 294 g/mol. The van der Waals surface area contributed by atoms with E-state index < -0.39 is 0 Å². The van der Waals surface area contributed by atoms with Gasteiger partial charge in [-0.15, -0.1) is 5.10 Å². The number of benzene rings is 1. The van der Waals surface area contributed by atoms with Gasteiger partial charge >= 0.3 is 0 Å². The first-order valence-corrected chi connectivity index (χ1v) is 6.84. The summed E-state index contributed by atoms with van der Waals surface area (Å²) in [6.45, 7) is 2.20. The molecule has 0 radical (unpaired) electrons. The molecule has 18 heavy (non-hydrogen) atoms. The maximum atomic E-state index is 5.90. The molecule has 2 aromatic rings. The normalized spacial score (nSPS) is 22.1. The van der Waals surface area contributed by atoms with E-state index in [1.807, 2.05) is 22.9 Å². The molecule has 1 aliphatic carbocycles. The molecule has 2 unspecified atom stereocenters. The molecule has 1 aromatic heterocycles. The highest BCUT2D eigenvalue weighted by atomic mass is 79.9. The molecule has 5 nitrogen and oxygen atoms in total. The van der Waals surface area contributed by atoms with E-state index in [0.29, 0.717) is 17.6 Å². The molecule has 6 heteroatoms. The van der Waals surface area contributed by atoms with Crippen molar-refractivity contribution in [3.05, 3.63) is 22.7 Å². The Balaban J connectivity index is 2.03. The molecule has 0 saturated heterocycles. The zero-order valence-corrected chi connectivity index (χ0v) is 11.6. The predicted molar refractivity (Wildman–Crippen MR) is 72.8 cm³/mol. The molecule has 0 spiro atoms. The summed E-state index contributed by atoms with van der Waals surface area (Å²) >= 11 is 3.50. The second-order valence-corrected chi connectivity index (χ2v) is 5.42. The van der Waals surface area contributed by atoms with E-state index in [0.717, 1.165) is 22.3 Å². The minimum absolute atomic E-state index is 0.438. The third-order valence-electron chi connectivity index (χ3n) is 3.49. The van der Waals surface area contributed by atoms with E-state index >= 15 is 0 Å². The Labute approximate surface area is 113 Å². The van der Waals surface area contributed by atoms with Crippen LogP contribution in [0.2, 0.25) is 0 Å². The zero-order valence-electron chi connectivity index (χ0n) is 10.0. The van der Waals surface area contributed by atoms with E-state index in [1.54, 1.807) is 0 Å². The number of aromatic nitrogens is 4. The van der Waals surface area contributed by atoms with Crippen LogP contribution in [0.25, 0.3) is 11.4 Å². The molecule has 2 atom stereocenters. The van der Waals surface area contributed by atoms with Crippen LogP contribution in [0.15, 0.2) is 22.7 Å². The van der Waals surface area contributed by atoms with Crippen LogP contribution in [0.3, 0.4) is 0 Å². The molecule has 1 saturated carbocycles. The standard InChI is InChI=1S/C12H14BrN5/c1-2-7-6-10(7)18-12(15-16-17-18)8-4-3-5-9(14)11(8)13/h3-5,7,10H,2,6,14H2,1H3. The molecule has 1 heterocycles. The average molecular weight is 308 g/mol. The van der Waals surface area contributed by atoms with Gasteiger partial charge in [0.2, 0.25) is 0 Å². The Hall–Kier alpha value is -1.43. The maximum absolute atomic E-state index is 5.90. The van der Waals surface area contributed by atoms with Gasteiger partial charge in [-0.3, -0.25) is 0 Å². The maximum Gasteiger partial charge on any atom is 0.183 e. The Morgan fingerprint density at radius 2 is 2.33 bits per heavy atom. The Kier molecular flexibility index (Phi) is 2.81. The van der Waals surface area contributed by atoms with E-state index in [9.17, 15) is 0 Å². The van der Waals surface area contributed by atoms with Crippen LogP contribution in [-0.4, -0.2) is 20.2 Å². The summed E-state index contributed by atoms with van der Waals surface area (Å²) in [5.41, 5.74) is 7.54. The lowest BCUT2D eigenvalue weighted by Gasteiger charge is -2.07. The number of nitrogen functional groups attached to an aromatic ring is 1. The van der Waals surface area contributed by atoms with Gasteiger partial charge in [-0.05, 0) is 50.8 Å². The van der Waals surface area contributed by atoms with Gasteiger partial charge in [0.25, 0.3) is 0 Å². The molecule has 1 aromatic carbocycles. The lowest BCUT2D eigenvalue weighted by Crippen LogP contribution is -2.02. The molecule has 0 aliphatic heterocycles. The number of hydrogen-bond donors (Lipinski definition) is 1. The number of nitrogens with two attached hydrogens (primary N) is 1. The highest BCUT2D eigenvalue weighted by molar-refractivity contribution is 9.10. The topological polar surface area (TPSA) is 69.6 Å². The fourth-order valence-corrected chi connectivity index (χ4v) is 2.73. The number of hydrogen-bond acceptors (Lipinski definition) is 4. The van der Waals surface area contributed by atoms with Gasteiger partial charge in [0.05, 0.1) is 10.5 Å². The third kappa shape index (κ3) is 1.80. The monoisotopic (exact) mass is 307 g/mol. The summed E-state index contributed by atoms with van der Waals surface area (Å²) in [6, 6.07) is 6.19. The lowest BCUT2D eigenvalue weighted by molar-refractivity contribution is 0.563. The zero-order chi connectivity index (χ0) is 12.7. The van der Waals surface area contributed by atoms with Crippen molar-refractivity contribution in [1.82, 2.24) is 20.2 Å². The second kappa shape index (κ2) is 4.35. The van der Waals surface area contributed by atoms with Gasteiger partial charge in [-0.1, -0.05) is 19.4 Å². The van der Waals surface area contributed by atoms with Gasteiger partial charge < -0.3 is 5.73 Å². The summed E-state index contributed by atoms with van der Waals surface area (Å²) in [6.07, 6.45) is 2.33. The quantitative estimate of drug-likeness (QED) is 0.885. The highest BCUT2D eigenvalue weighted by Gasteiger charge is 2.39. The van der Waals surface area contributed by atoms with Crippen molar-refractivity contribution in [2.75, 3.05) is 5.73 Å². The van der Waals surface area contributed by atoms with Crippen molar-refractivity contribution in [3.8, 4) is 11.4 Å². The first-order valence-electron chi connectivity index (χ1n) is 6.04. The fraction of sp³-hybridized carbons (Fsp3) is 0.417. The Morgan fingerprint density at radius 1 is 1.50 bits per heavy atom. The lowest BCUT2D eigenvalue weighted by atomic mass is 10.2. The van der Waals surface area contributed by atoms with Crippen molar-refractivity contribution < 1.29 is 0 Å². The van der Waals surface area contributed by atoms with Gasteiger partial charge in [0.1, 0.15) is 0 Å². The van der Waals surface area contributed by atoms with Crippen LogP contribution in [0.4, 0.5) is 5.69 Å². The number of rotatable bonds is 3. The molecule has 3 rings (SSSR count). The van der Waals surface area contributed by atoms with Gasteiger partial charge in [0, 0.05) is 11.3 Å². The molecule has 94 valence electrons. The molecule has 0 bridgehead atoms. The van der Waals surface area contributed by atoms with Crippen LogP contribution in [0, 0.1) is 5.92 Å². The van der Waals surface area contributed by atoms with E-state index in [4.69, 9.17) is 5.73 Å². The number of anilines is 1. The Morgan fingerprint density at radius 3 is 3.06 bits per heavy atom. The third-order valence-corrected chi connectivity index (χ3v) is 4.37. The fourth-order valence-electron chi connectivity index (χ4n) is 2.29. The molecule has 1 aliphatic rings. The van der Waals surface area contributed by atoms with Crippen LogP contribution in [-0.2, 0) is 0 Å². The van der Waals surface area contributed by atoms with Crippen molar-refractivity contribution >= 4 is 21.6 Å². The van der Waals surface area contributed by atoms with Crippen LogP contribution in [0.1, 0.15) is 25.8 Å². The van der Waals surface area contributed by atoms with E-state index in [-0.39, 0.29) is 0 Å². The van der Waals surface area contributed by atoms with E-state index in [2.05, 4.69) is 38.4 Å². The molecule has 2 N–H and O–H groups in total. The SMILES string of the molecule is CCC1CC1n1nnnc1-c1cccc(N)c1Br. The van der Waals surface area contributed by atoms with Crippen molar-refractivity contribution in [2.45, 2.75) is 25.8 Å². The Bertz CT molecular complexity index is 580. The second-order valence-electron chi connectivity index (χ2n) is 4.63.